The quantitative estimate of drug-likeness (QED) is 0.573. The van der Waals surface area contributed by atoms with Crippen LogP contribution in [0.5, 0.6) is 0 Å². The standard InChI is InChI=1S/2C9H13.Ru/c2*1-6-5-7(2)9(4)8(6)3;/h2*6H,1-4H3;. The van der Waals surface area contributed by atoms with E-state index < -0.39 is 0 Å². The van der Waals surface area contributed by atoms with E-state index in [4.69, 9.17) is 0 Å². The first kappa shape index (κ1) is 15.0. The maximum absolute atomic E-state index is 2.39. The van der Waals surface area contributed by atoms with E-state index in [1.54, 1.807) is 41.8 Å². The second kappa shape index (κ2) is 5.17. The first-order valence-corrected chi connectivity index (χ1v) is 8.90. The van der Waals surface area contributed by atoms with E-state index in [2.05, 4.69) is 55.4 Å². The van der Waals surface area contributed by atoms with Crippen LogP contribution >= 0.6 is 0 Å². The monoisotopic (exact) mass is 344 g/mol. The average Bonchev–Trinajstić information content (AvgIpc) is 2.68. The van der Waals surface area contributed by atoms with Crippen molar-refractivity contribution in [1.82, 2.24) is 0 Å². The van der Waals surface area contributed by atoms with Gasteiger partial charge in [-0.05, 0) is 0 Å². The summed E-state index contributed by atoms with van der Waals surface area (Å²) in [5, 5.41) is 0. The number of allylic oxidation sites excluding steroid dienone is 8. The first-order valence-electron chi connectivity index (χ1n) is 7.16. The molecule has 0 N–H and O–H groups in total. The van der Waals surface area contributed by atoms with Gasteiger partial charge in [-0.25, -0.2) is 0 Å². The second-order valence-electron chi connectivity index (χ2n) is 6.07. The Kier molecular flexibility index (Phi) is 4.08. The summed E-state index contributed by atoms with van der Waals surface area (Å²) in [7, 11) is 0. The van der Waals surface area contributed by atoms with Crippen molar-refractivity contribution in [2.45, 2.75) is 55.4 Å². The Bertz CT molecular complexity index is 502. The van der Waals surface area contributed by atoms with Crippen molar-refractivity contribution in [2.75, 3.05) is 0 Å². The van der Waals surface area contributed by atoms with Crippen LogP contribution in [0.4, 0.5) is 0 Å². The summed E-state index contributed by atoms with van der Waals surface area (Å²) in [6.07, 6.45) is 0. The molecule has 19 heavy (non-hydrogen) atoms. The van der Waals surface area contributed by atoms with Crippen molar-refractivity contribution < 1.29 is 17.1 Å². The van der Waals surface area contributed by atoms with Crippen molar-refractivity contribution >= 4 is 0 Å². The van der Waals surface area contributed by atoms with E-state index in [0.717, 1.165) is 0 Å². The molecular formula is C18H26Ru. The maximum atomic E-state index is 2.39. The van der Waals surface area contributed by atoms with Gasteiger partial charge in [0, 0.05) is 0 Å². The van der Waals surface area contributed by atoms with Crippen molar-refractivity contribution in [1.29, 1.82) is 0 Å². The number of hydrogen-bond acceptors (Lipinski definition) is 0. The third-order valence-electron chi connectivity index (χ3n) is 5.23. The Balaban J connectivity index is 2.32. The van der Waals surface area contributed by atoms with Gasteiger partial charge in [0.1, 0.15) is 0 Å². The van der Waals surface area contributed by atoms with Crippen molar-refractivity contribution in [2.24, 2.45) is 11.8 Å². The molecule has 0 aromatic heterocycles. The van der Waals surface area contributed by atoms with Crippen LogP contribution in [-0.2, 0) is 17.1 Å². The van der Waals surface area contributed by atoms with E-state index in [1.807, 2.05) is 0 Å². The van der Waals surface area contributed by atoms with Crippen molar-refractivity contribution in [3.05, 3.63) is 41.8 Å². The third kappa shape index (κ3) is 2.25. The van der Waals surface area contributed by atoms with Gasteiger partial charge >= 0.3 is 126 Å². The Morgan fingerprint density at radius 3 is 1.11 bits per heavy atom. The molecule has 0 aromatic rings. The molecule has 0 radical (unpaired) electrons. The first-order chi connectivity index (χ1) is 8.77. The van der Waals surface area contributed by atoms with Crippen molar-refractivity contribution in [3.63, 3.8) is 0 Å². The molecule has 0 nitrogen and oxygen atoms in total. The third-order valence-corrected chi connectivity index (χ3v) is 8.98. The van der Waals surface area contributed by atoms with Gasteiger partial charge in [-0.15, -0.1) is 0 Å². The van der Waals surface area contributed by atoms with Crippen LogP contribution in [0.15, 0.2) is 41.8 Å². The van der Waals surface area contributed by atoms with E-state index in [-0.39, 0.29) is 17.1 Å². The zero-order valence-corrected chi connectivity index (χ0v) is 15.2. The summed E-state index contributed by atoms with van der Waals surface area (Å²) in [6, 6.07) is 0. The van der Waals surface area contributed by atoms with Gasteiger partial charge in [0.15, 0.2) is 0 Å². The fourth-order valence-corrected chi connectivity index (χ4v) is 6.31. The topological polar surface area (TPSA) is 0 Å². The molecule has 2 aliphatic carbocycles. The van der Waals surface area contributed by atoms with E-state index in [0.29, 0.717) is 11.8 Å². The average molecular weight is 343 g/mol. The van der Waals surface area contributed by atoms with Crippen LogP contribution in [0.25, 0.3) is 0 Å². The molecule has 0 heterocycles. The van der Waals surface area contributed by atoms with E-state index in [9.17, 15) is 0 Å². The molecule has 0 saturated heterocycles. The SMILES string of the molecule is CC1=C(C)C(C)[C]([Ru][C]2=C(C)C(C)=C(C)C2C)=C1C. The van der Waals surface area contributed by atoms with Crippen LogP contribution in [0.2, 0.25) is 0 Å². The molecule has 1 heteroatoms. The minimum absolute atomic E-state index is 0.232. The summed E-state index contributed by atoms with van der Waals surface area (Å²) < 4.78 is 3.48. The van der Waals surface area contributed by atoms with Crippen molar-refractivity contribution in [3.8, 4) is 0 Å². The van der Waals surface area contributed by atoms with Gasteiger partial charge in [-0.1, -0.05) is 0 Å². The fraction of sp³-hybridized carbons (Fsp3) is 0.556. The molecule has 0 fully saturated rings. The van der Waals surface area contributed by atoms with Gasteiger partial charge in [0.2, 0.25) is 0 Å². The summed E-state index contributed by atoms with van der Waals surface area (Å²) in [6.45, 7) is 18.6. The summed E-state index contributed by atoms with van der Waals surface area (Å²) >= 11 is 0.232. The Morgan fingerprint density at radius 1 is 0.579 bits per heavy atom. The second-order valence-corrected chi connectivity index (χ2v) is 8.37. The van der Waals surface area contributed by atoms with E-state index in [1.165, 1.54) is 0 Å². The predicted octanol–water partition coefficient (Wildman–Crippen LogP) is 5.59. The van der Waals surface area contributed by atoms with Crippen LogP contribution in [-0.4, -0.2) is 0 Å². The summed E-state index contributed by atoms with van der Waals surface area (Å²) in [5.74, 6) is 1.35. The fourth-order valence-electron chi connectivity index (χ4n) is 3.00. The molecule has 2 aliphatic rings. The molecule has 0 aromatic carbocycles. The van der Waals surface area contributed by atoms with Crippen LogP contribution in [0.3, 0.4) is 0 Å². The Hall–Kier alpha value is -0.417. The number of hydrogen-bond donors (Lipinski definition) is 0. The molecular weight excluding hydrogens is 317 g/mol. The zero-order chi connectivity index (χ0) is 14.5. The van der Waals surface area contributed by atoms with Crippen LogP contribution in [0, 0.1) is 11.8 Å². The van der Waals surface area contributed by atoms with Gasteiger partial charge in [-0.3, -0.25) is 0 Å². The molecule has 0 saturated carbocycles. The predicted molar refractivity (Wildman–Crippen MR) is 80.5 cm³/mol. The molecule has 2 unspecified atom stereocenters. The van der Waals surface area contributed by atoms with Gasteiger partial charge in [-0.2, -0.15) is 0 Å². The normalized spacial score (nSPS) is 28.6. The molecule has 2 rings (SSSR count). The van der Waals surface area contributed by atoms with Crippen LogP contribution in [0.1, 0.15) is 55.4 Å². The van der Waals surface area contributed by atoms with Crippen LogP contribution < -0.4 is 0 Å². The number of rotatable bonds is 2. The molecule has 0 bridgehead atoms. The summed E-state index contributed by atoms with van der Waals surface area (Å²) in [5.41, 5.74) is 9.43. The minimum atomic E-state index is 0.232. The summed E-state index contributed by atoms with van der Waals surface area (Å²) in [4.78, 5) is 0. The van der Waals surface area contributed by atoms with Gasteiger partial charge in [0.25, 0.3) is 0 Å². The Labute approximate surface area is 126 Å². The van der Waals surface area contributed by atoms with E-state index >= 15 is 0 Å². The van der Waals surface area contributed by atoms with Gasteiger partial charge in [0.05, 0.1) is 0 Å². The molecule has 106 valence electrons. The molecule has 0 aliphatic heterocycles. The molecule has 0 amide bonds. The molecule has 0 spiro atoms. The Morgan fingerprint density at radius 2 is 0.895 bits per heavy atom. The molecule has 2 atom stereocenters. The zero-order valence-electron chi connectivity index (χ0n) is 13.5. The van der Waals surface area contributed by atoms with Gasteiger partial charge < -0.3 is 0 Å².